The van der Waals surface area contributed by atoms with Crippen LogP contribution in [0.1, 0.15) is 106 Å². The molecule has 0 saturated heterocycles. The normalized spacial score (nSPS) is 29.3. The monoisotopic (exact) mass is 596 g/mol. The van der Waals surface area contributed by atoms with Gasteiger partial charge in [0.1, 0.15) is 0 Å². The number of H-pyrrole nitrogens is 2. The predicted molar refractivity (Wildman–Crippen MR) is 187 cm³/mol. The quantitative estimate of drug-likeness (QED) is 0.126. The molecule has 238 valence electrons. The molecule has 0 bridgehead atoms. The summed E-state index contributed by atoms with van der Waals surface area (Å²) in [4.78, 5) is 0. The topological polar surface area (TPSA) is 91.8 Å². The smallest absolute Gasteiger partial charge is 0.0928 e. The minimum atomic E-state index is -0.149. The van der Waals surface area contributed by atoms with Gasteiger partial charge in [-0.3, -0.25) is 9.78 Å². The van der Waals surface area contributed by atoms with Crippen molar-refractivity contribution in [1.82, 2.24) is 15.0 Å². The van der Waals surface area contributed by atoms with E-state index in [1.165, 1.54) is 43.9 Å². The minimum Gasteiger partial charge on any atom is -0.396 e. The highest BCUT2D eigenvalue weighted by atomic mass is 15.5. The number of nitrogens with one attached hydrogen (secondary N) is 2. The van der Waals surface area contributed by atoms with Crippen LogP contribution in [0.4, 0.5) is 11.4 Å². The van der Waals surface area contributed by atoms with Crippen molar-refractivity contribution < 1.29 is 0 Å². The maximum Gasteiger partial charge on any atom is 0.0928 e. The summed E-state index contributed by atoms with van der Waals surface area (Å²) in [6, 6.07) is 17.4. The fraction of sp³-hybridized carbons (Fsp3) is 0.579. The number of nitrogens with zero attached hydrogens (tertiary/aromatic N) is 2. The number of fused-ring (bicyclic) bond motifs is 4. The molecule has 2 saturated carbocycles. The van der Waals surface area contributed by atoms with Crippen LogP contribution in [0.15, 0.2) is 48.5 Å². The molecule has 0 amide bonds. The van der Waals surface area contributed by atoms with Crippen molar-refractivity contribution in [3.05, 3.63) is 59.2 Å². The molecule has 2 aromatic rings. The van der Waals surface area contributed by atoms with Gasteiger partial charge in [0.05, 0.1) is 33.2 Å². The van der Waals surface area contributed by atoms with E-state index >= 15 is 0 Å². The predicted octanol–water partition coefficient (Wildman–Crippen LogP) is 9.51. The summed E-state index contributed by atoms with van der Waals surface area (Å²) in [6.07, 6.45) is 11.8. The van der Waals surface area contributed by atoms with Crippen LogP contribution in [-0.4, -0.2) is 20.5 Å². The van der Waals surface area contributed by atoms with Crippen molar-refractivity contribution >= 4 is 32.9 Å². The van der Waals surface area contributed by atoms with E-state index in [-0.39, 0.29) is 11.1 Å². The molecule has 1 aliphatic heterocycles. The number of hydrogen-bond donors (Lipinski definition) is 4. The van der Waals surface area contributed by atoms with Crippen LogP contribution >= 0.6 is 0 Å². The summed E-state index contributed by atoms with van der Waals surface area (Å²) >= 11 is 0. The van der Waals surface area contributed by atoms with Gasteiger partial charge in [0, 0.05) is 21.5 Å². The highest BCUT2D eigenvalue weighted by Gasteiger charge is 2.43. The van der Waals surface area contributed by atoms with Crippen LogP contribution in [0, 0.1) is 34.4 Å². The number of rotatable bonds is 7. The molecule has 3 aliphatic carbocycles. The van der Waals surface area contributed by atoms with Crippen molar-refractivity contribution in [3.8, 4) is 0 Å². The molecule has 6 nitrogen and oxygen atoms in total. The lowest BCUT2D eigenvalue weighted by atomic mass is 9.68. The SMILES string of the molecule is CCCC1CC(C)CC(C)(n2[nH][nH]c3c4ccccc4c(N(N)C4(CC)CC(C)CC(CC)C4)c(N)c4ccccc4c2=3)C1. The number of hydrazine groups is 1. The Hall–Kier alpha value is -3.12. The van der Waals surface area contributed by atoms with E-state index in [0.29, 0.717) is 17.8 Å². The van der Waals surface area contributed by atoms with Gasteiger partial charge in [-0.15, -0.1) is 0 Å². The third-order valence-electron chi connectivity index (χ3n) is 11.5. The van der Waals surface area contributed by atoms with Gasteiger partial charge in [0.15, 0.2) is 0 Å². The van der Waals surface area contributed by atoms with Gasteiger partial charge in [0.2, 0.25) is 0 Å². The Balaban J connectivity index is 1.69. The van der Waals surface area contributed by atoms with Crippen molar-refractivity contribution in [2.45, 2.75) is 117 Å². The fourth-order valence-electron chi connectivity index (χ4n) is 9.77. The second kappa shape index (κ2) is 12.0. The first-order valence-corrected chi connectivity index (χ1v) is 17.4. The number of nitrogens with two attached hydrogens (primary N) is 2. The van der Waals surface area contributed by atoms with E-state index in [4.69, 9.17) is 11.6 Å². The van der Waals surface area contributed by atoms with Crippen LogP contribution in [0.25, 0.3) is 21.5 Å². The first-order valence-electron chi connectivity index (χ1n) is 17.4. The Kier molecular flexibility index (Phi) is 8.42. The second-order valence-corrected chi connectivity index (χ2v) is 15.0. The largest absolute Gasteiger partial charge is 0.396 e. The Morgan fingerprint density at radius 1 is 0.841 bits per heavy atom. The van der Waals surface area contributed by atoms with Crippen molar-refractivity contribution in [2.24, 2.45) is 29.5 Å². The Morgan fingerprint density at radius 2 is 1.48 bits per heavy atom. The van der Waals surface area contributed by atoms with E-state index < -0.39 is 0 Å². The summed E-state index contributed by atoms with van der Waals surface area (Å²) in [5.41, 5.74) is 8.92. The number of aromatic nitrogens is 3. The maximum atomic E-state index is 7.43. The van der Waals surface area contributed by atoms with Crippen LogP contribution in [-0.2, 0) is 5.54 Å². The van der Waals surface area contributed by atoms with Gasteiger partial charge >= 0.3 is 0 Å². The van der Waals surface area contributed by atoms with Gasteiger partial charge in [-0.2, -0.15) is 0 Å². The minimum absolute atomic E-state index is 0.0380. The fourth-order valence-corrected chi connectivity index (χ4v) is 9.77. The lowest BCUT2D eigenvalue weighted by Crippen LogP contribution is -2.57. The zero-order chi connectivity index (χ0) is 31.2. The first-order chi connectivity index (χ1) is 21.1. The number of hydrogen-bond acceptors (Lipinski definition) is 3. The van der Waals surface area contributed by atoms with Crippen LogP contribution < -0.4 is 16.6 Å². The first kappa shape index (κ1) is 30.9. The molecule has 6 rings (SSSR count). The molecule has 0 radical (unpaired) electrons. The number of anilines is 2. The highest BCUT2D eigenvalue weighted by Crippen LogP contribution is 2.48. The Morgan fingerprint density at radius 3 is 2.16 bits per heavy atom. The zero-order valence-electron chi connectivity index (χ0n) is 28.0. The maximum absolute atomic E-state index is 7.43. The van der Waals surface area contributed by atoms with Crippen molar-refractivity contribution in [1.29, 1.82) is 0 Å². The average molecular weight is 597 g/mol. The van der Waals surface area contributed by atoms with Gasteiger partial charge < -0.3 is 10.7 Å². The van der Waals surface area contributed by atoms with Crippen molar-refractivity contribution in [3.63, 3.8) is 0 Å². The Bertz CT molecular complexity index is 1730. The second-order valence-electron chi connectivity index (χ2n) is 15.0. The molecule has 6 heteroatoms. The van der Waals surface area contributed by atoms with Crippen molar-refractivity contribution in [2.75, 3.05) is 10.7 Å². The molecule has 0 aromatic heterocycles. The summed E-state index contributed by atoms with van der Waals surface area (Å²) in [5.74, 6) is 10.1. The lowest BCUT2D eigenvalue weighted by Gasteiger charge is -2.49. The molecule has 2 aromatic carbocycles. The van der Waals surface area contributed by atoms with Gasteiger partial charge in [0.25, 0.3) is 0 Å². The van der Waals surface area contributed by atoms with E-state index in [9.17, 15) is 0 Å². The average Bonchev–Trinajstić information content (AvgIpc) is 3.46. The molecule has 44 heavy (non-hydrogen) atoms. The Labute approximate surface area is 263 Å². The molecule has 6 unspecified atom stereocenters. The molecule has 1 heterocycles. The molecule has 6 N–H and O–H groups in total. The third kappa shape index (κ3) is 5.17. The standard InChI is InChI=1S/C38H56N6/c1-7-14-28-20-25(4)21-37(6,23-28)44-36-31-17-12-10-15-29(31)33(39)35(32-18-13-11-16-30(32)34(36)41-42-44)43(40)38(9-3)22-26(5)19-27(8-2)24-38/h10-13,15-18,25-28,41-42H,7-9,14,19-24,39-40H2,1-6H3. The summed E-state index contributed by atoms with van der Waals surface area (Å²) in [7, 11) is 0. The van der Waals surface area contributed by atoms with E-state index in [2.05, 4.69) is 110 Å². The molecular weight excluding hydrogens is 540 g/mol. The van der Waals surface area contributed by atoms with E-state index in [1.54, 1.807) is 0 Å². The molecule has 4 aliphatic rings. The summed E-state index contributed by atoms with van der Waals surface area (Å²) in [5, 5.41) is 16.2. The lowest BCUT2D eigenvalue weighted by molar-refractivity contribution is 0.101. The van der Waals surface area contributed by atoms with Crippen LogP contribution in [0.2, 0.25) is 0 Å². The molecule has 6 atom stereocenters. The van der Waals surface area contributed by atoms with Gasteiger partial charge in [-0.25, -0.2) is 11.1 Å². The number of aromatic amines is 2. The summed E-state index contributed by atoms with van der Waals surface area (Å²) in [6.45, 7) is 14.2. The van der Waals surface area contributed by atoms with Crippen LogP contribution in [0.3, 0.4) is 0 Å². The molecular formula is C38H56N6. The van der Waals surface area contributed by atoms with E-state index in [1.807, 2.05) is 0 Å². The number of nitrogen functional groups attached to an aromatic ring is 1. The number of benzene rings is 2. The molecule has 0 spiro atoms. The zero-order valence-corrected chi connectivity index (χ0v) is 28.0. The summed E-state index contributed by atoms with van der Waals surface area (Å²) < 4.78 is 2.46. The third-order valence-corrected chi connectivity index (χ3v) is 11.5. The molecule has 2 fully saturated rings. The van der Waals surface area contributed by atoms with Gasteiger partial charge in [-0.05, 0) is 75.5 Å². The van der Waals surface area contributed by atoms with Crippen LogP contribution in [0.5, 0.6) is 0 Å². The van der Waals surface area contributed by atoms with Gasteiger partial charge in [-0.1, -0.05) is 102 Å². The highest BCUT2D eigenvalue weighted by molar-refractivity contribution is 6.07. The van der Waals surface area contributed by atoms with E-state index in [0.717, 1.165) is 69.9 Å².